The SMILES string of the molecule is OC(CNc1ccnc2cc(Br)cnc12)CN1CCCCC1. The van der Waals surface area contributed by atoms with Crippen molar-refractivity contribution in [2.24, 2.45) is 0 Å². The maximum absolute atomic E-state index is 10.2. The van der Waals surface area contributed by atoms with Gasteiger partial charge in [0.1, 0.15) is 5.52 Å². The van der Waals surface area contributed by atoms with Crippen LogP contribution >= 0.6 is 15.9 Å². The number of β-amino-alcohol motifs (C(OH)–C–C–N with tert-alkyl or cyclic N) is 1. The monoisotopic (exact) mass is 364 g/mol. The zero-order chi connectivity index (χ0) is 15.4. The average Bonchev–Trinajstić information content (AvgIpc) is 2.53. The third-order valence-corrected chi connectivity index (χ3v) is 4.42. The highest BCUT2D eigenvalue weighted by Gasteiger charge is 2.14. The fourth-order valence-corrected chi connectivity index (χ4v) is 3.20. The molecule has 2 aromatic heterocycles. The molecule has 0 bridgehead atoms. The Labute approximate surface area is 138 Å². The highest BCUT2D eigenvalue weighted by atomic mass is 79.9. The summed E-state index contributed by atoms with van der Waals surface area (Å²) in [4.78, 5) is 11.1. The molecule has 0 radical (unpaired) electrons. The van der Waals surface area contributed by atoms with E-state index in [4.69, 9.17) is 0 Å². The molecule has 22 heavy (non-hydrogen) atoms. The minimum atomic E-state index is -0.378. The van der Waals surface area contributed by atoms with Crippen molar-refractivity contribution in [2.45, 2.75) is 25.4 Å². The van der Waals surface area contributed by atoms with E-state index in [0.717, 1.165) is 40.8 Å². The van der Waals surface area contributed by atoms with E-state index in [2.05, 4.69) is 36.1 Å². The van der Waals surface area contributed by atoms with E-state index in [0.29, 0.717) is 6.54 Å². The highest BCUT2D eigenvalue weighted by molar-refractivity contribution is 9.10. The average molecular weight is 365 g/mol. The van der Waals surface area contributed by atoms with Crippen LogP contribution in [-0.2, 0) is 0 Å². The number of pyridine rings is 2. The maximum Gasteiger partial charge on any atom is 0.112 e. The third-order valence-electron chi connectivity index (χ3n) is 3.99. The van der Waals surface area contributed by atoms with E-state index in [1.165, 1.54) is 19.3 Å². The molecule has 3 rings (SSSR count). The molecule has 1 aliphatic rings. The molecule has 2 N–H and O–H groups in total. The van der Waals surface area contributed by atoms with Crippen LogP contribution < -0.4 is 5.32 Å². The molecule has 0 saturated carbocycles. The van der Waals surface area contributed by atoms with Gasteiger partial charge in [0, 0.05) is 30.0 Å². The quantitative estimate of drug-likeness (QED) is 0.853. The molecule has 5 nitrogen and oxygen atoms in total. The zero-order valence-corrected chi connectivity index (χ0v) is 14.1. The standard InChI is InChI=1S/C16H21BrN4O/c17-12-8-15-16(20-9-12)14(4-5-18-15)19-10-13(22)11-21-6-2-1-3-7-21/h4-5,8-9,13,22H,1-3,6-7,10-11H2,(H,18,19). The van der Waals surface area contributed by atoms with Crippen LogP contribution in [0.5, 0.6) is 0 Å². The summed E-state index contributed by atoms with van der Waals surface area (Å²) in [5.41, 5.74) is 2.58. The van der Waals surface area contributed by atoms with Gasteiger partial charge in [0.25, 0.3) is 0 Å². The van der Waals surface area contributed by atoms with Crippen LogP contribution in [0.3, 0.4) is 0 Å². The number of aromatic nitrogens is 2. The van der Waals surface area contributed by atoms with Gasteiger partial charge in [0.05, 0.1) is 17.3 Å². The first-order valence-electron chi connectivity index (χ1n) is 7.77. The first-order chi connectivity index (χ1) is 10.7. The van der Waals surface area contributed by atoms with Gasteiger partial charge in [-0.25, -0.2) is 0 Å². The van der Waals surface area contributed by atoms with E-state index >= 15 is 0 Å². The number of hydrogen-bond acceptors (Lipinski definition) is 5. The molecule has 118 valence electrons. The van der Waals surface area contributed by atoms with E-state index in [1.807, 2.05) is 12.1 Å². The minimum Gasteiger partial charge on any atom is -0.390 e. The number of aliphatic hydroxyl groups excluding tert-OH is 1. The van der Waals surface area contributed by atoms with Crippen LogP contribution in [0.4, 0.5) is 5.69 Å². The van der Waals surface area contributed by atoms with Crippen molar-refractivity contribution in [3.05, 3.63) is 29.0 Å². The summed E-state index contributed by atoms with van der Waals surface area (Å²) >= 11 is 3.41. The van der Waals surface area contributed by atoms with Crippen molar-refractivity contribution < 1.29 is 5.11 Å². The van der Waals surface area contributed by atoms with Gasteiger partial charge >= 0.3 is 0 Å². The molecule has 2 aromatic rings. The number of hydrogen-bond donors (Lipinski definition) is 2. The van der Waals surface area contributed by atoms with Gasteiger partial charge < -0.3 is 15.3 Å². The van der Waals surface area contributed by atoms with Crippen LogP contribution in [0.15, 0.2) is 29.0 Å². The zero-order valence-electron chi connectivity index (χ0n) is 12.5. The number of nitrogens with zero attached hydrogens (tertiary/aromatic N) is 3. The molecule has 1 saturated heterocycles. The van der Waals surface area contributed by atoms with Crippen LogP contribution in [0.1, 0.15) is 19.3 Å². The van der Waals surface area contributed by atoms with E-state index < -0.39 is 0 Å². The fourth-order valence-electron chi connectivity index (χ4n) is 2.88. The summed E-state index contributed by atoms with van der Waals surface area (Å²) in [5.74, 6) is 0. The molecule has 0 aromatic carbocycles. The summed E-state index contributed by atoms with van der Waals surface area (Å²) < 4.78 is 0.912. The summed E-state index contributed by atoms with van der Waals surface area (Å²) in [6.07, 6.45) is 6.95. The number of halogens is 1. The van der Waals surface area contributed by atoms with E-state index in [9.17, 15) is 5.11 Å². The Hall–Kier alpha value is -1.24. The number of piperidine rings is 1. The lowest BCUT2D eigenvalue weighted by molar-refractivity contribution is 0.110. The first-order valence-corrected chi connectivity index (χ1v) is 8.56. The van der Waals surface area contributed by atoms with Gasteiger partial charge in [0.2, 0.25) is 0 Å². The number of nitrogens with one attached hydrogen (secondary N) is 1. The third kappa shape index (κ3) is 3.94. The summed E-state index contributed by atoms with van der Waals surface area (Å²) in [7, 11) is 0. The number of aliphatic hydroxyl groups is 1. The van der Waals surface area contributed by atoms with E-state index in [-0.39, 0.29) is 6.10 Å². The second kappa shape index (κ2) is 7.35. The molecule has 0 aliphatic carbocycles. The molecule has 1 aliphatic heterocycles. The number of fused-ring (bicyclic) bond motifs is 1. The van der Waals surface area contributed by atoms with Crippen LogP contribution in [-0.4, -0.2) is 52.3 Å². The van der Waals surface area contributed by atoms with Crippen molar-refractivity contribution in [3.63, 3.8) is 0 Å². The molecule has 1 unspecified atom stereocenters. The largest absolute Gasteiger partial charge is 0.390 e. The van der Waals surface area contributed by atoms with E-state index in [1.54, 1.807) is 12.4 Å². The second-order valence-electron chi connectivity index (χ2n) is 5.78. The van der Waals surface area contributed by atoms with Gasteiger partial charge in [-0.05, 0) is 54.0 Å². The Morgan fingerprint density at radius 2 is 2.09 bits per heavy atom. The molecule has 6 heteroatoms. The smallest absolute Gasteiger partial charge is 0.112 e. The van der Waals surface area contributed by atoms with Gasteiger partial charge in [-0.2, -0.15) is 0 Å². The van der Waals surface area contributed by atoms with Crippen molar-refractivity contribution in [3.8, 4) is 0 Å². The predicted molar refractivity (Wildman–Crippen MR) is 92.0 cm³/mol. The lowest BCUT2D eigenvalue weighted by Crippen LogP contribution is -2.39. The molecule has 0 amide bonds. The van der Waals surface area contributed by atoms with Crippen molar-refractivity contribution in [1.82, 2.24) is 14.9 Å². The summed E-state index contributed by atoms with van der Waals surface area (Å²) in [5, 5.41) is 13.5. The second-order valence-corrected chi connectivity index (χ2v) is 6.69. The van der Waals surface area contributed by atoms with Crippen molar-refractivity contribution in [1.29, 1.82) is 0 Å². The molecule has 1 atom stereocenters. The van der Waals surface area contributed by atoms with Gasteiger partial charge in [0.15, 0.2) is 0 Å². The Bertz CT molecular complexity index is 631. The lowest BCUT2D eigenvalue weighted by atomic mass is 10.1. The van der Waals surface area contributed by atoms with Crippen LogP contribution in [0, 0.1) is 0 Å². The summed E-state index contributed by atoms with van der Waals surface area (Å²) in [6.45, 7) is 3.46. The summed E-state index contributed by atoms with van der Waals surface area (Å²) in [6, 6.07) is 3.84. The lowest BCUT2D eigenvalue weighted by Gasteiger charge is -2.28. The number of likely N-dealkylation sites (tertiary alicyclic amines) is 1. The maximum atomic E-state index is 10.2. The van der Waals surface area contributed by atoms with Crippen LogP contribution in [0.25, 0.3) is 11.0 Å². The number of rotatable bonds is 5. The Balaban J connectivity index is 1.61. The van der Waals surface area contributed by atoms with Crippen molar-refractivity contribution in [2.75, 3.05) is 31.5 Å². The minimum absolute atomic E-state index is 0.378. The topological polar surface area (TPSA) is 61.3 Å². The molecule has 1 fully saturated rings. The van der Waals surface area contributed by atoms with Crippen LogP contribution in [0.2, 0.25) is 0 Å². The van der Waals surface area contributed by atoms with Gasteiger partial charge in [-0.15, -0.1) is 0 Å². The predicted octanol–water partition coefficient (Wildman–Crippen LogP) is 2.65. The van der Waals surface area contributed by atoms with Gasteiger partial charge in [-0.3, -0.25) is 9.97 Å². The number of anilines is 1. The molecular weight excluding hydrogens is 344 g/mol. The first kappa shape index (κ1) is 15.6. The molecule has 3 heterocycles. The molecular formula is C16H21BrN4O. The Morgan fingerprint density at radius 3 is 2.91 bits per heavy atom. The molecule has 0 spiro atoms. The highest BCUT2D eigenvalue weighted by Crippen LogP contribution is 2.22. The Kier molecular flexibility index (Phi) is 5.23. The normalized spacial score (nSPS) is 17.5. The van der Waals surface area contributed by atoms with Crippen molar-refractivity contribution >= 4 is 32.7 Å². The Morgan fingerprint density at radius 1 is 1.27 bits per heavy atom. The fraction of sp³-hybridized carbons (Fsp3) is 0.500. The van der Waals surface area contributed by atoms with Gasteiger partial charge in [-0.1, -0.05) is 6.42 Å².